The maximum absolute atomic E-state index is 12.6. The molecular weight excluding hydrogens is 351 g/mol. The molecule has 0 saturated carbocycles. The lowest BCUT2D eigenvalue weighted by Crippen LogP contribution is -2.56. The lowest BCUT2D eigenvalue weighted by atomic mass is 9.99. The van der Waals surface area contributed by atoms with Gasteiger partial charge in [0, 0.05) is 29.2 Å². The largest absolute Gasteiger partial charge is 0.336 e. The van der Waals surface area contributed by atoms with Gasteiger partial charge in [-0.05, 0) is 54.1 Å². The van der Waals surface area contributed by atoms with Crippen LogP contribution in [0.15, 0.2) is 24.3 Å². The quantitative estimate of drug-likeness (QED) is 0.710. The van der Waals surface area contributed by atoms with Crippen molar-refractivity contribution < 1.29 is 4.79 Å². The zero-order valence-electron chi connectivity index (χ0n) is 11.0. The molecule has 0 aliphatic carbocycles. The van der Waals surface area contributed by atoms with Gasteiger partial charge >= 0.3 is 0 Å². The fourth-order valence-electron chi connectivity index (χ4n) is 3.15. The summed E-state index contributed by atoms with van der Waals surface area (Å²) in [5, 5.41) is 0. The molecule has 102 valence electrons. The highest BCUT2D eigenvalue weighted by Crippen LogP contribution is 2.23. The van der Waals surface area contributed by atoms with E-state index in [9.17, 15) is 4.79 Å². The van der Waals surface area contributed by atoms with Crippen molar-refractivity contribution in [2.75, 3.05) is 26.2 Å². The van der Waals surface area contributed by atoms with Crippen LogP contribution in [-0.4, -0.2) is 47.9 Å². The van der Waals surface area contributed by atoms with Gasteiger partial charge in [0.15, 0.2) is 0 Å². The first-order valence-electron chi connectivity index (χ1n) is 7.03. The van der Waals surface area contributed by atoms with Crippen molar-refractivity contribution in [1.29, 1.82) is 0 Å². The van der Waals surface area contributed by atoms with Crippen LogP contribution in [0.25, 0.3) is 0 Å². The molecule has 1 unspecified atom stereocenters. The summed E-state index contributed by atoms with van der Waals surface area (Å²) >= 11 is 2.25. The van der Waals surface area contributed by atoms with E-state index in [1.54, 1.807) is 0 Å². The second-order valence-electron chi connectivity index (χ2n) is 5.42. The van der Waals surface area contributed by atoms with Crippen LogP contribution in [0.4, 0.5) is 0 Å². The molecule has 0 aromatic heterocycles. The zero-order chi connectivity index (χ0) is 13.2. The molecule has 2 heterocycles. The molecule has 19 heavy (non-hydrogen) atoms. The summed E-state index contributed by atoms with van der Waals surface area (Å²) < 4.78 is 1.05. The Morgan fingerprint density at radius 2 is 2.00 bits per heavy atom. The second kappa shape index (κ2) is 5.79. The van der Waals surface area contributed by atoms with Gasteiger partial charge in [-0.15, -0.1) is 0 Å². The van der Waals surface area contributed by atoms with Gasteiger partial charge in [-0.25, -0.2) is 0 Å². The molecule has 0 N–H and O–H groups in total. The molecule has 2 fully saturated rings. The van der Waals surface area contributed by atoms with Crippen LogP contribution in [0.3, 0.4) is 0 Å². The number of rotatable bonds is 1. The maximum atomic E-state index is 12.6. The van der Waals surface area contributed by atoms with Crippen molar-refractivity contribution in [3.05, 3.63) is 33.4 Å². The third-order valence-electron chi connectivity index (χ3n) is 4.23. The van der Waals surface area contributed by atoms with E-state index < -0.39 is 0 Å². The van der Waals surface area contributed by atoms with Gasteiger partial charge in [-0.3, -0.25) is 9.69 Å². The fourth-order valence-corrected chi connectivity index (χ4v) is 3.76. The van der Waals surface area contributed by atoms with Crippen molar-refractivity contribution in [3.8, 4) is 0 Å². The van der Waals surface area contributed by atoms with E-state index in [2.05, 4.69) is 27.5 Å². The standard InChI is InChI=1S/C15H19IN2O/c16-14-7-2-1-6-13(14)15(19)18-10-9-17-8-4-3-5-12(17)11-18/h1-2,6-7,12H,3-5,8-11H2. The van der Waals surface area contributed by atoms with Crippen LogP contribution in [-0.2, 0) is 0 Å². The Hall–Kier alpha value is -0.620. The number of fused-ring (bicyclic) bond motifs is 1. The molecule has 2 aliphatic rings. The Kier molecular flexibility index (Phi) is 4.07. The Labute approximate surface area is 128 Å². The molecule has 1 amide bonds. The van der Waals surface area contributed by atoms with E-state index >= 15 is 0 Å². The minimum absolute atomic E-state index is 0.204. The Morgan fingerprint density at radius 3 is 2.84 bits per heavy atom. The van der Waals surface area contributed by atoms with Crippen LogP contribution in [0.2, 0.25) is 0 Å². The minimum Gasteiger partial charge on any atom is -0.336 e. The zero-order valence-corrected chi connectivity index (χ0v) is 13.2. The van der Waals surface area contributed by atoms with Crippen molar-refractivity contribution in [2.45, 2.75) is 25.3 Å². The molecule has 0 radical (unpaired) electrons. The number of carbonyl (C=O) groups excluding carboxylic acids is 1. The van der Waals surface area contributed by atoms with E-state index in [4.69, 9.17) is 0 Å². The molecule has 4 heteroatoms. The van der Waals surface area contributed by atoms with Crippen molar-refractivity contribution >= 4 is 28.5 Å². The van der Waals surface area contributed by atoms with Crippen molar-refractivity contribution in [2.24, 2.45) is 0 Å². The number of amides is 1. The van der Waals surface area contributed by atoms with E-state index in [0.29, 0.717) is 6.04 Å². The summed E-state index contributed by atoms with van der Waals surface area (Å²) in [4.78, 5) is 17.2. The predicted octanol–water partition coefficient (Wildman–Crippen LogP) is 2.60. The highest BCUT2D eigenvalue weighted by Gasteiger charge is 2.31. The van der Waals surface area contributed by atoms with E-state index in [-0.39, 0.29) is 5.91 Å². The molecule has 0 bridgehead atoms. The van der Waals surface area contributed by atoms with Gasteiger partial charge in [0.25, 0.3) is 5.91 Å². The molecule has 3 nitrogen and oxygen atoms in total. The average molecular weight is 370 g/mol. The maximum Gasteiger partial charge on any atom is 0.255 e. The normalized spacial score (nSPS) is 24.1. The molecule has 0 spiro atoms. The number of carbonyl (C=O) groups is 1. The predicted molar refractivity (Wildman–Crippen MR) is 84.3 cm³/mol. The number of hydrogen-bond donors (Lipinski definition) is 0. The highest BCUT2D eigenvalue weighted by molar-refractivity contribution is 14.1. The summed E-state index contributed by atoms with van der Waals surface area (Å²) in [6.45, 7) is 4.04. The topological polar surface area (TPSA) is 23.6 Å². The van der Waals surface area contributed by atoms with Gasteiger partial charge in [0.05, 0.1) is 5.56 Å². The number of benzene rings is 1. The van der Waals surface area contributed by atoms with E-state index in [1.165, 1.54) is 25.8 Å². The molecule has 3 rings (SSSR count). The van der Waals surface area contributed by atoms with Crippen LogP contribution in [0.1, 0.15) is 29.6 Å². The number of piperidine rings is 1. The summed E-state index contributed by atoms with van der Waals surface area (Å²) in [5.74, 6) is 0.204. The lowest BCUT2D eigenvalue weighted by Gasteiger charge is -2.44. The van der Waals surface area contributed by atoms with Gasteiger partial charge in [-0.2, -0.15) is 0 Å². The first-order valence-corrected chi connectivity index (χ1v) is 8.11. The number of halogens is 1. The molecule has 1 aromatic rings. The fraction of sp³-hybridized carbons (Fsp3) is 0.533. The molecule has 2 saturated heterocycles. The van der Waals surface area contributed by atoms with Crippen LogP contribution >= 0.6 is 22.6 Å². The first kappa shape index (κ1) is 13.4. The van der Waals surface area contributed by atoms with E-state index in [1.807, 2.05) is 29.2 Å². The average Bonchev–Trinajstić information content (AvgIpc) is 2.46. The van der Waals surface area contributed by atoms with Gasteiger partial charge in [-0.1, -0.05) is 18.6 Å². The summed E-state index contributed by atoms with van der Waals surface area (Å²) in [5.41, 5.74) is 0.854. The highest BCUT2D eigenvalue weighted by atomic mass is 127. The Balaban J connectivity index is 1.73. The van der Waals surface area contributed by atoms with E-state index in [0.717, 1.165) is 28.8 Å². The Morgan fingerprint density at radius 1 is 1.16 bits per heavy atom. The first-order chi connectivity index (χ1) is 9.25. The lowest BCUT2D eigenvalue weighted by molar-refractivity contribution is 0.0372. The monoisotopic (exact) mass is 370 g/mol. The number of nitrogens with zero attached hydrogens (tertiary/aromatic N) is 2. The molecule has 2 aliphatic heterocycles. The molecule has 1 aromatic carbocycles. The summed E-state index contributed by atoms with van der Waals surface area (Å²) in [6, 6.07) is 8.47. The minimum atomic E-state index is 0.204. The SMILES string of the molecule is O=C(c1ccccc1I)N1CCN2CCCCC2C1. The third-order valence-corrected chi connectivity index (χ3v) is 5.17. The molecule has 1 atom stereocenters. The second-order valence-corrected chi connectivity index (χ2v) is 6.58. The third kappa shape index (κ3) is 2.79. The van der Waals surface area contributed by atoms with Crippen molar-refractivity contribution in [1.82, 2.24) is 9.80 Å². The summed E-state index contributed by atoms with van der Waals surface area (Å²) in [6.07, 6.45) is 3.88. The molecular formula is C15H19IN2O. The van der Waals surface area contributed by atoms with Crippen LogP contribution in [0.5, 0.6) is 0 Å². The van der Waals surface area contributed by atoms with Gasteiger partial charge in [0.1, 0.15) is 0 Å². The number of piperazine rings is 1. The van der Waals surface area contributed by atoms with Crippen molar-refractivity contribution in [3.63, 3.8) is 0 Å². The number of hydrogen-bond acceptors (Lipinski definition) is 2. The Bertz CT molecular complexity index is 477. The van der Waals surface area contributed by atoms with Gasteiger partial charge in [0.2, 0.25) is 0 Å². The van der Waals surface area contributed by atoms with Gasteiger partial charge < -0.3 is 4.90 Å². The van der Waals surface area contributed by atoms with Crippen LogP contribution < -0.4 is 0 Å². The van der Waals surface area contributed by atoms with Crippen LogP contribution in [0, 0.1) is 3.57 Å². The summed E-state index contributed by atoms with van der Waals surface area (Å²) in [7, 11) is 0. The smallest absolute Gasteiger partial charge is 0.255 e.